The first kappa shape index (κ1) is 43.0. The maximum Gasteiger partial charge on any atom is 0.162 e. The number of rotatable bonds is 6. The summed E-state index contributed by atoms with van der Waals surface area (Å²) in [7, 11) is 31.4. The Morgan fingerprint density at radius 3 is 1.14 bits per heavy atom. The molecule has 0 bridgehead atoms. The van der Waals surface area contributed by atoms with Gasteiger partial charge in [0.25, 0.3) is 0 Å². The predicted molar refractivity (Wildman–Crippen MR) is 320 cm³/mol. The maximum atomic E-state index is 5.54. The molecule has 0 N–H and O–H groups in total. The Kier molecular flexibility index (Phi) is 11.1. The van der Waals surface area contributed by atoms with Gasteiger partial charge in [0.1, 0.15) is 110 Å². The number of fused-ring (bicyclic) bond motifs is 3. The molecule has 0 aliphatic carbocycles. The van der Waals surface area contributed by atoms with Crippen LogP contribution >= 0.6 is 11.3 Å². The van der Waals surface area contributed by atoms with Gasteiger partial charge in [-0.15, -0.1) is 49.6 Å². The number of thiophene rings is 1. The molecule has 0 aliphatic rings. The number of aromatic nitrogens is 3. The van der Waals surface area contributed by atoms with Crippen molar-refractivity contribution in [2.75, 3.05) is 0 Å². The zero-order chi connectivity index (χ0) is 44.8. The third kappa shape index (κ3) is 6.90. The summed E-state index contributed by atoms with van der Waals surface area (Å²) >= 11 is 1.91. The van der Waals surface area contributed by atoms with Crippen molar-refractivity contribution >= 4 is 218 Å². The molecule has 2 aromatic heterocycles. The Morgan fingerprint density at radius 1 is 0.286 bits per heavy atom. The van der Waals surface area contributed by atoms with E-state index in [-0.39, 0.29) is 0 Å². The van der Waals surface area contributed by atoms with Gasteiger partial charge in [0, 0.05) is 42.4 Å². The van der Waals surface area contributed by atoms with Crippen LogP contribution in [0.15, 0.2) is 91.0 Å². The lowest BCUT2D eigenvalue weighted by Gasteiger charge is -2.24. The lowest BCUT2D eigenvalue weighted by molar-refractivity contribution is 1.08. The predicted octanol–water partition coefficient (Wildman–Crippen LogP) is -12.1. The standard InChI is InChI=1S/C45H43B14N3S/c46-27-23(20-13-7-12-19-22-15-18(16-8-3-1-4-9-16)14-21(42(22)63-41(19)20)17-10-5-2-6-11-17)28(47)34(53)29(48)24(27)43-60-44(25-30(49)35(54)39(58)36(55)31(25)50)62-45(61-43)26-32(51)37(56)40(59)38(57)33(26)52/h1-15H,46-59H2. The second kappa shape index (κ2) is 16.3. The van der Waals surface area contributed by atoms with Gasteiger partial charge in [0.15, 0.2) is 17.5 Å². The molecule has 0 spiro atoms. The van der Waals surface area contributed by atoms with Crippen molar-refractivity contribution in [2.45, 2.75) is 0 Å². The smallest absolute Gasteiger partial charge is 0.162 e. The average Bonchev–Trinajstić information content (AvgIpc) is 3.68. The first-order chi connectivity index (χ1) is 30.1. The molecule has 7 aromatic carbocycles. The van der Waals surface area contributed by atoms with E-state index in [1.807, 2.05) is 11.3 Å². The molecule has 0 unspecified atom stereocenters. The highest BCUT2D eigenvalue weighted by Gasteiger charge is 2.26. The molecule has 286 valence electrons. The van der Waals surface area contributed by atoms with Gasteiger partial charge in [-0.2, -0.15) is 0 Å². The Hall–Kier alpha value is -5.32. The van der Waals surface area contributed by atoms with Crippen LogP contribution in [0.25, 0.3) is 87.7 Å². The van der Waals surface area contributed by atoms with Crippen molar-refractivity contribution in [2.24, 2.45) is 0 Å². The van der Waals surface area contributed by atoms with Crippen molar-refractivity contribution < 1.29 is 0 Å². The van der Waals surface area contributed by atoms with Crippen molar-refractivity contribution in [3.63, 3.8) is 0 Å². The molecule has 0 atom stereocenters. The molecule has 9 rings (SSSR count). The van der Waals surface area contributed by atoms with Gasteiger partial charge in [-0.05, 0) is 39.9 Å². The number of hydrogen-bond acceptors (Lipinski definition) is 4. The van der Waals surface area contributed by atoms with E-state index in [2.05, 4.69) is 201 Å². The molecular weight excluding hydrogens is 766 g/mol. The summed E-state index contributed by atoms with van der Waals surface area (Å²) in [6.45, 7) is 0. The summed E-state index contributed by atoms with van der Waals surface area (Å²) in [5, 5.41) is 2.56. The second-order valence-electron chi connectivity index (χ2n) is 18.0. The molecule has 0 saturated heterocycles. The lowest BCUT2D eigenvalue weighted by Crippen LogP contribution is -2.55. The van der Waals surface area contributed by atoms with Crippen LogP contribution in [-0.4, -0.2) is 125 Å². The Labute approximate surface area is 389 Å². The normalized spacial score (nSPS) is 11.4. The quantitative estimate of drug-likeness (QED) is 0.157. The van der Waals surface area contributed by atoms with Crippen molar-refractivity contribution in [3.05, 3.63) is 91.0 Å². The van der Waals surface area contributed by atoms with Crippen LogP contribution in [0.3, 0.4) is 0 Å². The van der Waals surface area contributed by atoms with Crippen LogP contribution in [0.1, 0.15) is 0 Å². The number of hydrogen-bond donors (Lipinski definition) is 0. The SMILES string of the molecule is Bc1c(B)c(B)c(-c2nc(-c3c(B)c(B)c(B)c(B)c3B)nc(-c3c(B)c(B)c(B)c(-c4cccc5c4sc4c(-c6ccccc6)cc(-c6ccccc6)cc45)c3B)n2)c(B)c1B. The van der Waals surface area contributed by atoms with Crippen LogP contribution in [0.2, 0.25) is 0 Å². The molecule has 0 saturated carbocycles. The van der Waals surface area contributed by atoms with E-state index in [4.69, 9.17) is 15.0 Å². The molecule has 18 heteroatoms. The van der Waals surface area contributed by atoms with E-state index in [1.165, 1.54) is 130 Å². The zero-order valence-electron chi connectivity index (χ0n) is 39.4. The molecular formula is C45H43B14N3S. The molecule has 2 heterocycles. The molecule has 3 nitrogen and oxygen atoms in total. The van der Waals surface area contributed by atoms with Gasteiger partial charge in [0.05, 0.1) is 0 Å². The summed E-state index contributed by atoms with van der Waals surface area (Å²) in [6.07, 6.45) is 0. The Bertz CT molecular complexity index is 3250. The minimum absolute atomic E-state index is 0.723. The zero-order valence-corrected chi connectivity index (χ0v) is 40.2. The third-order valence-electron chi connectivity index (χ3n) is 15.0. The third-order valence-corrected chi connectivity index (χ3v) is 16.3. The highest BCUT2D eigenvalue weighted by Crippen LogP contribution is 2.45. The van der Waals surface area contributed by atoms with Gasteiger partial charge < -0.3 is 0 Å². The summed E-state index contributed by atoms with van der Waals surface area (Å²) in [4.78, 5) is 16.5. The Morgan fingerprint density at radius 2 is 0.667 bits per heavy atom. The fraction of sp³-hybridized carbons (Fsp3) is 0. The molecule has 0 fully saturated rings. The average molecular weight is 809 g/mol. The van der Waals surface area contributed by atoms with E-state index in [9.17, 15) is 0 Å². The maximum absolute atomic E-state index is 5.54. The largest absolute Gasteiger partial charge is 0.208 e. The van der Waals surface area contributed by atoms with Crippen LogP contribution in [0.5, 0.6) is 0 Å². The molecule has 0 aliphatic heterocycles. The summed E-state index contributed by atoms with van der Waals surface area (Å²) < 4.78 is 2.60. The van der Waals surface area contributed by atoms with E-state index in [0.717, 1.165) is 34.2 Å². The van der Waals surface area contributed by atoms with E-state index < -0.39 is 0 Å². The molecule has 0 amide bonds. The van der Waals surface area contributed by atoms with Crippen molar-refractivity contribution in [1.29, 1.82) is 0 Å². The van der Waals surface area contributed by atoms with E-state index in [1.54, 1.807) is 0 Å². The van der Waals surface area contributed by atoms with Crippen molar-refractivity contribution in [3.8, 4) is 67.5 Å². The number of nitrogens with zero attached hydrogens (tertiary/aromatic N) is 3. The fourth-order valence-electron chi connectivity index (χ4n) is 10.2. The Balaban J connectivity index is 1.35. The van der Waals surface area contributed by atoms with Crippen LogP contribution < -0.4 is 76.5 Å². The number of benzene rings is 7. The van der Waals surface area contributed by atoms with Crippen LogP contribution in [-0.2, 0) is 0 Å². The van der Waals surface area contributed by atoms with Crippen LogP contribution in [0, 0.1) is 0 Å². The lowest BCUT2D eigenvalue weighted by atomic mass is 9.60. The summed E-state index contributed by atoms with van der Waals surface area (Å²) in [6, 6.07) is 33.3. The van der Waals surface area contributed by atoms with Crippen LogP contribution in [0.4, 0.5) is 0 Å². The van der Waals surface area contributed by atoms with Gasteiger partial charge >= 0.3 is 0 Å². The van der Waals surface area contributed by atoms with Gasteiger partial charge in [-0.1, -0.05) is 117 Å². The van der Waals surface area contributed by atoms with Crippen molar-refractivity contribution in [1.82, 2.24) is 15.0 Å². The van der Waals surface area contributed by atoms with E-state index >= 15 is 0 Å². The summed E-state index contributed by atoms with van der Waals surface area (Å²) in [5.74, 6) is 2.19. The minimum atomic E-state index is 0.723. The fourth-order valence-corrected chi connectivity index (χ4v) is 11.5. The monoisotopic (exact) mass is 811 g/mol. The highest BCUT2D eigenvalue weighted by atomic mass is 32.1. The first-order valence-corrected chi connectivity index (χ1v) is 23.0. The second-order valence-corrected chi connectivity index (χ2v) is 19.0. The molecule has 9 aromatic rings. The van der Waals surface area contributed by atoms with Gasteiger partial charge in [-0.3, -0.25) is 0 Å². The summed E-state index contributed by atoms with van der Waals surface area (Å²) in [5.41, 5.74) is 28.3. The van der Waals surface area contributed by atoms with E-state index in [0.29, 0.717) is 0 Å². The molecule has 0 radical (unpaired) electrons. The van der Waals surface area contributed by atoms with Gasteiger partial charge in [0.2, 0.25) is 0 Å². The van der Waals surface area contributed by atoms with Gasteiger partial charge in [-0.25, -0.2) is 15.0 Å². The highest BCUT2D eigenvalue weighted by molar-refractivity contribution is 7.27. The molecule has 63 heavy (non-hydrogen) atoms. The topological polar surface area (TPSA) is 38.7 Å². The first-order valence-electron chi connectivity index (χ1n) is 22.2. The minimum Gasteiger partial charge on any atom is -0.208 e.